The highest BCUT2D eigenvalue weighted by atomic mass is 35.5. The van der Waals surface area contributed by atoms with E-state index in [0.29, 0.717) is 6.61 Å². The molecule has 0 unspecified atom stereocenters. The topological polar surface area (TPSA) is 55.8 Å². The van der Waals surface area contributed by atoms with Crippen molar-refractivity contribution in [3.05, 3.63) is 59.1 Å². The Labute approximate surface area is 121 Å². The second kappa shape index (κ2) is 6.82. The molecular formula is C15H13ClO4. The fourth-order valence-electron chi connectivity index (χ4n) is 1.66. The molecule has 0 aliphatic rings. The van der Waals surface area contributed by atoms with Crippen LogP contribution in [0, 0.1) is 0 Å². The lowest BCUT2D eigenvalue weighted by atomic mass is 10.2. The lowest BCUT2D eigenvalue weighted by Crippen LogP contribution is -2.11. The quantitative estimate of drug-likeness (QED) is 0.828. The van der Waals surface area contributed by atoms with E-state index >= 15 is 0 Å². The Hall–Kier alpha value is -2.20. The van der Waals surface area contributed by atoms with E-state index in [9.17, 15) is 4.79 Å². The van der Waals surface area contributed by atoms with Gasteiger partial charge in [-0.15, -0.1) is 0 Å². The largest absolute Gasteiger partial charge is 0.490 e. The van der Waals surface area contributed by atoms with E-state index in [0.717, 1.165) is 5.75 Å². The summed E-state index contributed by atoms with van der Waals surface area (Å²) in [6, 6.07) is 14.0. The Morgan fingerprint density at radius 3 is 2.40 bits per heavy atom. The minimum absolute atomic E-state index is 0.0334. The molecule has 0 aromatic heterocycles. The summed E-state index contributed by atoms with van der Waals surface area (Å²) in [6.07, 6.45) is 0. The zero-order valence-corrected chi connectivity index (χ0v) is 11.3. The van der Waals surface area contributed by atoms with Crippen molar-refractivity contribution in [3.8, 4) is 11.5 Å². The number of carboxylic acids is 1. The molecule has 1 N–H and O–H groups in total. The molecule has 0 radical (unpaired) electrons. The number of hydrogen-bond donors (Lipinski definition) is 1. The molecule has 0 fully saturated rings. The van der Waals surface area contributed by atoms with E-state index in [4.69, 9.17) is 26.2 Å². The fourth-order valence-corrected chi connectivity index (χ4v) is 1.91. The third kappa shape index (κ3) is 3.65. The lowest BCUT2D eigenvalue weighted by molar-refractivity contribution is 0.0691. The van der Waals surface area contributed by atoms with E-state index in [1.165, 1.54) is 6.07 Å². The van der Waals surface area contributed by atoms with Gasteiger partial charge in [-0.3, -0.25) is 0 Å². The van der Waals surface area contributed by atoms with Crippen LogP contribution < -0.4 is 9.47 Å². The Balaban J connectivity index is 1.92. The van der Waals surface area contributed by atoms with Gasteiger partial charge in [0, 0.05) is 0 Å². The molecule has 2 aromatic rings. The maximum Gasteiger partial charge on any atom is 0.341 e. The van der Waals surface area contributed by atoms with Crippen LogP contribution in [0.4, 0.5) is 0 Å². The van der Waals surface area contributed by atoms with Gasteiger partial charge in [0.2, 0.25) is 0 Å². The van der Waals surface area contributed by atoms with Crippen molar-refractivity contribution in [3.63, 3.8) is 0 Å². The Morgan fingerprint density at radius 2 is 1.70 bits per heavy atom. The molecule has 0 saturated heterocycles. The Kier molecular flexibility index (Phi) is 4.85. The summed E-state index contributed by atoms with van der Waals surface area (Å²) in [4.78, 5) is 11.1. The molecule has 20 heavy (non-hydrogen) atoms. The second-order valence-corrected chi connectivity index (χ2v) is 4.34. The van der Waals surface area contributed by atoms with Gasteiger partial charge < -0.3 is 14.6 Å². The number of benzene rings is 2. The number of carbonyl (C=O) groups is 1. The minimum Gasteiger partial charge on any atom is -0.490 e. The maximum atomic E-state index is 11.1. The van der Waals surface area contributed by atoms with Crippen LogP contribution in [-0.2, 0) is 0 Å². The summed E-state index contributed by atoms with van der Waals surface area (Å²) in [6.45, 7) is 0.547. The highest BCUT2D eigenvalue weighted by Crippen LogP contribution is 2.26. The van der Waals surface area contributed by atoms with Crippen LogP contribution in [0.3, 0.4) is 0 Å². The first-order valence-electron chi connectivity index (χ1n) is 6.01. The zero-order chi connectivity index (χ0) is 14.4. The second-order valence-electron chi connectivity index (χ2n) is 3.93. The van der Waals surface area contributed by atoms with Gasteiger partial charge in [0.25, 0.3) is 0 Å². The van der Waals surface area contributed by atoms with E-state index in [2.05, 4.69) is 0 Å². The number of halogens is 1. The number of hydrogen-bond acceptors (Lipinski definition) is 3. The van der Waals surface area contributed by atoms with E-state index < -0.39 is 5.97 Å². The standard InChI is InChI=1S/C15H13ClO4/c16-12-7-4-8-13(14(12)15(17)18)20-10-9-19-11-5-2-1-3-6-11/h1-8H,9-10H2,(H,17,18). The number of aromatic carboxylic acids is 1. The third-order valence-electron chi connectivity index (χ3n) is 2.54. The fraction of sp³-hybridized carbons (Fsp3) is 0.133. The van der Waals surface area contributed by atoms with Gasteiger partial charge in [-0.1, -0.05) is 35.9 Å². The van der Waals surface area contributed by atoms with Gasteiger partial charge in [0.1, 0.15) is 30.3 Å². The lowest BCUT2D eigenvalue weighted by Gasteiger charge is -2.11. The predicted molar refractivity (Wildman–Crippen MR) is 75.8 cm³/mol. The molecule has 104 valence electrons. The van der Waals surface area contributed by atoms with Crippen LogP contribution in [-0.4, -0.2) is 24.3 Å². The molecule has 0 heterocycles. The van der Waals surface area contributed by atoms with Crippen molar-refractivity contribution in [1.82, 2.24) is 0 Å². The third-order valence-corrected chi connectivity index (χ3v) is 2.86. The molecular weight excluding hydrogens is 280 g/mol. The highest BCUT2D eigenvalue weighted by molar-refractivity contribution is 6.33. The molecule has 2 aromatic carbocycles. The van der Waals surface area contributed by atoms with Gasteiger partial charge in [-0.2, -0.15) is 0 Å². The van der Waals surface area contributed by atoms with Crippen LogP contribution >= 0.6 is 11.6 Å². The molecule has 0 atom stereocenters. The number of rotatable bonds is 6. The van der Waals surface area contributed by atoms with Crippen LogP contribution in [0.15, 0.2) is 48.5 Å². The summed E-state index contributed by atoms with van der Waals surface area (Å²) >= 11 is 5.84. The first-order chi connectivity index (χ1) is 9.68. The van der Waals surface area contributed by atoms with Crippen molar-refractivity contribution in [2.75, 3.05) is 13.2 Å². The zero-order valence-electron chi connectivity index (χ0n) is 10.6. The molecule has 0 saturated carbocycles. The molecule has 0 aliphatic heterocycles. The van der Waals surface area contributed by atoms with Crippen molar-refractivity contribution >= 4 is 17.6 Å². The summed E-state index contributed by atoms with van der Waals surface area (Å²) in [5.41, 5.74) is -0.0334. The normalized spacial score (nSPS) is 10.1. The van der Waals surface area contributed by atoms with Crippen molar-refractivity contribution in [2.24, 2.45) is 0 Å². The number of para-hydroxylation sites is 1. The molecule has 5 heteroatoms. The van der Waals surface area contributed by atoms with Gasteiger partial charge in [-0.05, 0) is 24.3 Å². The monoisotopic (exact) mass is 292 g/mol. The smallest absolute Gasteiger partial charge is 0.341 e. The van der Waals surface area contributed by atoms with Crippen LogP contribution in [0.1, 0.15) is 10.4 Å². The number of carboxylic acid groups (broad SMARTS) is 1. The first-order valence-corrected chi connectivity index (χ1v) is 6.38. The molecule has 0 spiro atoms. The van der Waals surface area contributed by atoms with Crippen LogP contribution in [0.25, 0.3) is 0 Å². The van der Waals surface area contributed by atoms with Crippen molar-refractivity contribution in [1.29, 1.82) is 0 Å². The van der Waals surface area contributed by atoms with Gasteiger partial charge in [0.15, 0.2) is 0 Å². The number of ether oxygens (including phenoxy) is 2. The molecule has 0 bridgehead atoms. The molecule has 0 aliphatic carbocycles. The maximum absolute atomic E-state index is 11.1. The first kappa shape index (κ1) is 14.2. The van der Waals surface area contributed by atoms with Crippen molar-refractivity contribution in [2.45, 2.75) is 0 Å². The van der Waals surface area contributed by atoms with Gasteiger partial charge in [0.05, 0.1) is 5.02 Å². The van der Waals surface area contributed by atoms with E-state index in [1.54, 1.807) is 12.1 Å². The molecule has 4 nitrogen and oxygen atoms in total. The SMILES string of the molecule is O=C(O)c1c(Cl)cccc1OCCOc1ccccc1. The Morgan fingerprint density at radius 1 is 1.00 bits per heavy atom. The van der Waals surface area contributed by atoms with Gasteiger partial charge >= 0.3 is 5.97 Å². The summed E-state index contributed by atoms with van der Waals surface area (Å²) < 4.78 is 10.9. The molecule has 0 amide bonds. The van der Waals surface area contributed by atoms with Crippen LogP contribution in [0.5, 0.6) is 11.5 Å². The summed E-state index contributed by atoms with van der Waals surface area (Å²) in [5, 5.41) is 9.24. The van der Waals surface area contributed by atoms with E-state index in [-0.39, 0.29) is 22.9 Å². The predicted octanol–water partition coefficient (Wildman–Crippen LogP) is 3.50. The minimum atomic E-state index is -1.12. The van der Waals surface area contributed by atoms with Crippen LogP contribution in [0.2, 0.25) is 5.02 Å². The summed E-state index contributed by atoms with van der Waals surface area (Å²) in [7, 11) is 0. The summed E-state index contributed by atoms with van der Waals surface area (Å²) in [5.74, 6) is -0.142. The van der Waals surface area contributed by atoms with Crippen molar-refractivity contribution < 1.29 is 19.4 Å². The average Bonchev–Trinajstić information content (AvgIpc) is 2.44. The van der Waals surface area contributed by atoms with E-state index in [1.807, 2.05) is 30.3 Å². The highest BCUT2D eigenvalue weighted by Gasteiger charge is 2.15. The average molecular weight is 293 g/mol. The molecule has 2 rings (SSSR count). The van der Waals surface area contributed by atoms with Gasteiger partial charge in [-0.25, -0.2) is 4.79 Å². The Bertz CT molecular complexity index is 584.